The Labute approximate surface area is 187 Å². The summed E-state index contributed by atoms with van der Waals surface area (Å²) in [6.07, 6.45) is -0.885. The predicted octanol–water partition coefficient (Wildman–Crippen LogP) is 3.80. The molecule has 0 N–H and O–H groups in total. The molecule has 0 bridgehead atoms. The number of benzene rings is 1. The van der Waals surface area contributed by atoms with Crippen molar-refractivity contribution in [2.24, 2.45) is 5.92 Å². The lowest BCUT2D eigenvalue weighted by Crippen LogP contribution is -2.32. The lowest BCUT2D eigenvalue weighted by molar-refractivity contribution is -0.274. The summed E-state index contributed by atoms with van der Waals surface area (Å²) in [6.45, 7) is 3.64. The third-order valence-corrected chi connectivity index (χ3v) is 5.82. The predicted molar refractivity (Wildman–Crippen MR) is 111 cm³/mol. The van der Waals surface area contributed by atoms with Crippen molar-refractivity contribution < 1.29 is 27.4 Å². The number of fused-ring (bicyclic) bond motifs is 1. The van der Waals surface area contributed by atoms with Crippen LogP contribution in [-0.4, -0.2) is 55.9 Å². The molecule has 3 aromatic rings. The first kappa shape index (κ1) is 21.5. The highest BCUT2D eigenvalue weighted by molar-refractivity contribution is 5.82. The molecule has 2 aromatic heterocycles. The second-order valence-corrected chi connectivity index (χ2v) is 8.19. The zero-order valence-corrected chi connectivity index (χ0v) is 17.9. The fourth-order valence-electron chi connectivity index (χ4n) is 4.10. The number of ether oxygens (including phenoxy) is 2. The van der Waals surface area contributed by atoms with E-state index in [-0.39, 0.29) is 23.7 Å². The van der Waals surface area contributed by atoms with E-state index >= 15 is 0 Å². The summed E-state index contributed by atoms with van der Waals surface area (Å²) in [5.74, 6) is 0.931. The highest BCUT2D eigenvalue weighted by atomic mass is 19.4. The molecule has 1 aliphatic carbocycles. The van der Waals surface area contributed by atoms with Crippen LogP contribution in [-0.2, 0) is 11.3 Å². The normalized spacial score (nSPS) is 18.7. The number of imidazole rings is 1. The summed E-state index contributed by atoms with van der Waals surface area (Å²) < 4.78 is 49.3. The zero-order valence-electron chi connectivity index (χ0n) is 17.9. The van der Waals surface area contributed by atoms with E-state index < -0.39 is 6.36 Å². The van der Waals surface area contributed by atoms with Crippen LogP contribution in [0.25, 0.3) is 22.6 Å². The molecule has 0 radical (unpaired) electrons. The highest BCUT2D eigenvalue weighted by Gasteiger charge is 2.37. The number of amides is 1. The van der Waals surface area contributed by atoms with Crippen LogP contribution in [0, 0.1) is 5.92 Å². The molecule has 2 fully saturated rings. The van der Waals surface area contributed by atoms with Gasteiger partial charge in [0.05, 0.1) is 6.54 Å². The Balaban J connectivity index is 1.40. The number of alkyl halides is 3. The third-order valence-electron chi connectivity index (χ3n) is 5.82. The number of aryl methyl sites for hydroxylation is 1. The van der Waals surface area contributed by atoms with Crippen molar-refractivity contribution in [1.29, 1.82) is 0 Å². The third kappa shape index (κ3) is 4.44. The number of hydrogen-bond acceptors (Lipinski definition) is 6. The van der Waals surface area contributed by atoms with Crippen LogP contribution in [0.2, 0.25) is 0 Å². The second kappa shape index (κ2) is 8.20. The van der Waals surface area contributed by atoms with Crippen LogP contribution in [0.5, 0.6) is 11.6 Å². The Hall–Kier alpha value is -3.37. The monoisotopic (exact) mass is 461 g/mol. The molecule has 33 heavy (non-hydrogen) atoms. The molecule has 174 valence electrons. The SMILES string of the molecule is CCn1c(-c2ccc(OC(F)(F)F)cc2)nc2c(OC3CCN(C(=O)C4CC4)C3)ncnc21. The standard InChI is InChI=1S/C22H22F3N5O3/c1-2-30-18(13-5-7-15(8-6-13)33-22(23,24)25)28-17-19(30)26-12-27-20(17)32-16-9-10-29(11-16)21(31)14-3-4-14/h5-8,12,14,16H,2-4,9-11H2,1H3. The number of rotatable bonds is 6. The topological polar surface area (TPSA) is 82.4 Å². The molecule has 1 atom stereocenters. The Kier molecular flexibility index (Phi) is 5.34. The number of halogens is 3. The summed E-state index contributed by atoms with van der Waals surface area (Å²) in [6, 6.07) is 5.52. The highest BCUT2D eigenvalue weighted by Crippen LogP contribution is 2.34. The van der Waals surface area contributed by atoms with Gasteiger partial charge in [0.2, 0.25) is 11.8 Å². The van der Waals surface area contributed by atoms with Crippen molar-refractivity contribution in [3.05, 3.63) is 30.6 Å². The van der Waals surface area contributed by atoms with Crippen LogP contribution in [0.3, 0.4) is 0 Å². The number of nitrogens with zero attached hydrogens (tertiary/aromatic N) is 5. The minimum absolute atomic E-state index is 0.172. The van der Waals surface area contributed by atoms with Gasteiger partial charge in [-0.05, 0) is 44.0 Å². The maximum absolute atomic E-state index is 12.5. The molecule has 1 saturated carbocycles. The Morgan fingerprint density at radius 3 is 2.58 bits per heavy atom. The molecule has 11 heteroatoms. The van der Waals surface area contributed by atoms with Gasteiger partial charge >= 0.3 is 6.36 Å². The van der Waals surface area contributed by atoms with Crippen molar-refractivity contribution in [2.75, 3.05) is 13.1 Å². The maximum atomic E-state index is 12.5. The van der Waals surface area contributed by atoms with Crippen molar-refractivity contribution in [2.45, 2.75) is 45.2 Å². The molecule has 2 aliphatic rings. The molecule has 5 rings (SSSR count). The maximum Gasteiger partial charge on any atom is 0.573 e. The van der Waals surface area contributed by atoms with Crippen molar-refractivity contribution in [3.8, 4) is 23.0 Å². The molecule has 0 spiro atoms. The number of carbonyl (C=O) groups is 1. The quantitative estimate of drug-likeness (QED) is 0.556. The summed E-state index contributed by atoms with van der Waals surface area (Å²) in [7, 11) is 0. The van der Waals surface area contributed by atoms with Gasteiger partial charge in [-0.15, -0.1) is 13.2 Å². The lowest BCUT2D eigenvalue weighted by Gasteiger charge is -2.16. The molecule has 8 nitrogen and oxygen atoms in total. The molecule has 3 heterocycles. The summed E-state index contributed by atoms with van der Waals surface area (Å²) >= 11 is 0. The average molecular weight is 461 g/mol. The van der Waals surface area contributed by atoms with Gasteiger partial charge < -0.3 is 18.9 Å². The van der Waals surface area contributed by atoms with Crippen LogP contribution in [0.15, 0.2) is 30.6 Å². The smallest absolute Gasteiger partial charge is 0.471 e. The van der Waals surface area contributed by atoms with E-state index in [2.05, 4.69) is 19.7 Å². The first-order chi connectivity index (χ1) is 15.8. The Morgan fingerprint density at radius 2 is 1.91 bits per heavy atom. The van der Waals surface area contributed by atoms with Crippen LogP contribution < -0.4 is 9.47 Å². The van der Waals surface area contributed by atoms with Crippen LogP contribution >= 0.6 is 0 Å². The lowest BCUT2D eigenvalue weighted by atomic mass is 10.2. The summed E-state index contributed by atoms with van der Waals surface area (Å²) in [4.78, 5) is 27.4. The molecule has 1 saturated heterocycles. The molecule has 1 unspecified atom stereocenters. The van der Waals surface area contributed by atoms with Crippen molar-refractivity contribution >= 4 is 17.1 Å². The van der Waals surface area contributed by atoms with Gasteiger partial charge in [0.1, 0.15) is 24.0 Å². The van der Waals surface area contributed by atoms with Crippen molar-refractivity contribution in [3.63, 3.8) is 0 Å². The number of carbonyl (C=O) groups excluding carboxylic acids is 1. The Bertz CT molecular complexity index is 1170. The van der Waals surface area contributed by atoms with Gasteiger partial charge in [0.25, 0.3) is 0 Å². The zero-order chi connectivity index (χ0) is 23.2. The Morgan fingerprint density at radius 1 is 1.15 bits per heavy atom. The van der Waals surface area contributed by atoms with E-state index in [0.717, 1.165) is 12.8 Å². The minimum atomic E-state index is -4.75. The molecular weight excluding hydrogens is 439 g/mol. The van der Waals surface area contributed by atoms with Gasteiger partial charge in [-0.1, -0.05) is 0 Å². The fourth-order valence-corrected chi connectivity index (χ4v) is 4.10. The van der Waals surface area contributed by atoms with Crippen molar-refractivity contribution in [1.82, 2.24) is 24.4 Å². The largest absolute Gasteiger partial charge is 0.573 e. The number of hydrogen-bond donors (Lipinski definition) is 0. The molecule has 1 aliphatic heterocycles. The second-order valence-electron chi connectivity index (χ2n) is 8.19. The van der Waals surface area contributed by atoms with Gasteiger partial charge in [-0.25, -0.2) is 9.97 Å². The van der Waals surface area contributed by atoms with E-state index in [4.69, 9.17) is 4.74 Å². The van der Waals surface area contributed by atoms with Gasteiger partial charge in [-0.2, -0.15) is 4.98 Å². The van der Waals surface area contributed by atoms with Gasteiger partial charge in [0.15, 0.2) is 11.2 Å². The number of likely N-dealkylation sites (tertiary alicyclic amines) is 1. The molecule has 1 amide bonds. The van der Waals surface area contributed by atoms with Gasteiger partial charge in [0, 0.05) is 31.0 Å². The first-order valence-corrected chi connectivity index (χ1v) is 10.8. The fraction of sp³-hybridized carbons (Fsp3) is 0.455. The van der Waals surface area contributed by atoms with Gasteiger partial charge in [-0.3, -0.25) is 4.79 Å². The average Bonchev–Trinajstić information content (AvgIpc) is 3.40. The summed E-state index contributed by atoms with van der Waals surface area (Å²) in [5, 5.41) is 0. The van der Waals surface area contributed by atoms with Crippen LogP contribution in [0.1, 0.15) is 26.2 Å². The first-order valence-electron chi connectivity index (χ1n) is 10.8. The van der Waals surface area contributed by atoms with E-state index in [1.54, 1.807) is 0 Å². The summed E-state index contributed by atoms with van der Waals surface area (Å²) in [5.41, 5.74) is 1.64. The van der Waals surface area contributed by atoms with Crippen LogP contribution in [0.4, 0.5) is 13.2 Å². The van der Waals surface area contributed by atoms with E-state index in [0.29, 0.717) is 54.5 Å². The molecule has 1 aromatic carbocycles. The molecular formula is C22H22F3N5O3. The van der Waals surface area contributed by atoms with E-state index in [9.17, 15) is 18.0 Å². The van der Waals surface area contributed by atoms with E-state index in [1.165, 1.54) is 30.6 Å². The van der Waals surface area contributed by atoms with E-state index in [1.807, 2.05) is 16.4 Å². The number of aromatic nitrogens is 4. The minimum Gasteiger partial charge on any atom is -0.471 e.